The fourth-order valence-corrected chi connectivity index (χ4v) is 4.67. The highest BCUT2D eigenvalue weighted by atomic mass is 35.5. The fourth-order valence-electron chi connectivity index (χ4n) is 4.08. The van der Waals surface area contributed by atoms with Gasteiger partial charge in [-0.2, -0.15) is 0 Å². The van der Waals surface area contributed by atoms with Crippen LogP contribution in [-0.4, -0.2) is 12.2 Å². The molecule has 0 bridgehead atoms. The van der Waals surface area contributed by atoms with Gasteiger partial charge in [-0.15, -0.1) is 11.8 Å². The zero-order valence-corrected chi connectivity index (χ0v) is 18.5. The summed E-state index contributed by atoms with van der Waals surface area (Å²) in [6, 6.07) is 19.8. The van der Waals surface area contributed by atoms with Crippen molar-refractivity contribution in [3.8, 4) is 0 Å². The van der Waals surface area contributed by atoms with Gasteiger partial charge in [-0.25, -0.2) is 0 Å². The number of nitrogens with zero attached hydrogens (tertiary/aromatic N) is 1. The van der Waals surface area contributed by atoms with Crippen LogP contribution in [-0.2, 0) is 0 Å². The van der Waals surface area contributed by atoms with Crippen LogP contribution in [0.25, 0.3) is 11.0 Å². The van der Waals surface area contributed by atoms with Crippen LogP contribution in [0.4, 0.5) is 5.69 Å². The highest BCUT2D eigenvalue weighted by Crippen LogP contribution is 2.42. The van der Waals surface area contributed by atoms with Gasteiger partial charge in [0.05, 0.1) is 17.0 Å². The van der Waals surface area contributed by atoms with E-state index in [1.54, 1.807) is 40.9 Å². The largest absolute Gasteiger partial charge is 0.450 e. The number of aryl methyl sites for hydroxylation is 1. The lowest BCUT2D eigenvalue weighted by atomic mass is 9.98. The van der Waals surface area contributed by atoms with Crippen LogP contribution in [0, 0.1) is 6.92 Å². The molecule has 0 saturated heterocycles. The van der Waals surface area contributed by atoms with Crippen molar-refractivity contribution >= 4 is 45.9 Å². The molecule has 1 amide bonds. The molecule has 0 saturated carbocycles. The van der Waals surface area contributed by atoms with E-state index in [-0.39, 0.29) is 17.1 Å². The molecule has 1 aliphatic rings. The van der Waals surface area contributed by atoms with Crippen molar-refractivity contribution in [2.24, 2.45) is 0 Å². The van der Waals surface area contributed by atoms with E-state index in [0.29, 0.717) is 27.2 Å². The van der Waals surface area contributed by atoms with E-state index in [1.807, 2.05) is 55.6 Å². The molecule has 31 heavy (non-hydrogen) atoms. The van der Waals surface area contributed by atoms with Crippen LogP contribution < -0.4 is 10.3 Å². The topological polar surface area (TPSA) is 50.5 Å². The Morgan fingerprint density at radius 3 is 2.48 bits per heavy atom. The average Bonchev–Trinajstić information content (AvgIpc) is 3.07. The first-order valence-electron chi connectivity index (χ1n) is 9.78. The number of carbonyl (C=O) groups is 1. The third-order valence-corrected chi connectivity index (χ3v) is 6.52. The van der Waals surface area contributed by atoms with Crippen molar-refractivity contribution in [3.05, 3.63) is 104 Å². The normalized spacial score (nSPS) is 15.5. The quantitative estimate of drug-likeness (QED) is 0.349. The molecule has 0 aliphatic carbocycles. The van der Waals surface area contributed by atoms with Crippen molar-refractivity contribution in [1.82, 2.24) is 0 Å². The molecule has 154 valence electrons. The van der Waals surface area contributed by atoms with Crippen molar-refractivity contribution in [2.75, 3.05) is 11.2 Å². The van der Waals surface area contributed by atoms with E-state index in [4.69, 9.17) is 16.0 Å². The Hall–Kier alpha value is -3.02. The summed E-state index contributed by atoms with van der Waals surface area (Å²) in [5.41, 5.74) is 2.99. The number of anilines is 1. The van der Waals surface area contributed by atoms with E-state index in [9.17, 15) is 9.59 Å². The second-order valence-electron chi connectivity index (χ2n) is 7.50. The van der Waals surface area contributed by atoms with E-state index in [0.717, 1.165) is 16.0 Å². The molecular formula is C25H18ClNO3S. The highest BCUT2D eigenvalue weighted by molar-refractivity contribution is 7.98. The van der Waals surface area contributed by atoms with E-state index in [1.165, 1.54) is 0 Å². The van der Waals surface area contributed by atoms with Crippen LogP contribution >= 0.6 is 23.4 Å². The smallest absolute Gasteiger partial charge is 0.295 e. The van der Waals surface area contributed by atoms with Crippen LogP contribution in [0.3, 0.4) is 0 Å². The van der Waals surface area contributed by atoms with Gasteiger partial charge in [-0.3, -0.25) is 14.5 Å². The Morgan fingerprint density at radius 2 is 1.77 bits per heavy atom. The van der Waals surface area contributed by atoms with Crippen molar-refractivity contribution in [1.29, 1.82) is 0 Å². The molecule has 5 rings (SSSR count). The maximum absolute atomic E-state index is 13.6. The van der Waals surface area contributed by atoms with E-state index >= 15 is 0 Å². The Morgan fingerprint density at radius 1 is 1.00 bits per heavy atom. The van der Waals surface area contributed by atoms with Crippen LogP contribution in [0.15, 0.2) is 80.8 Å². The first kappa shape index (κ1) is 19.9. The van der Waals surface area contributed by atoms with Gasteiger partial charge < -0.3 is 4.42 Å². The summed E-state index contributed by atoms with van der Waals surface area (Å²) in [6.07, 6.45) is 2.00. The minimum absolute atomic E-state index is 0.0836. The third-order valence-electron chi connectivity index (χ3n) is 5.54. The molecule has 6 heteroatoms. The predicted octanol–water partition coefficient (Wildman–Crippen LogP) is 6.23. The lowest BCUT2D eigenvalue weighted by molar-refractivity contribution is 0.0971. The Kier molecular flexibility index (Phi) is 4.88. The summed E-state index contributed by atoms with van der Waals surface area (Å²) < 4.78 is 6.00. The summed E-state index contributed by atoms with van der Waals surface area (Å²) in [7, 11) is 0. The molecule has 1 atom stereocenters. The Bertz CT molecular complexity index is 1390. The number of hydrogen-bond donors (Lipinski definition) is 0. The number of thioether (sulfide) groups is 1. The van der Waals surface area contributed by atoms with Crippen molar-refractivity contribution in [3.63, 3.8) is 0 Å². The van der Waals surface area contributed by atoms with Gasteiger partial charge in [0, 0.05) is 15.6 Å². The number of amides is 1. The molecule has 1 unspecified atom stereocenters. The number of halogens is 1. The van der Waals surface area contributed by atoms with Gasteiger partial charge in [-0.05, 0) is 61.2 Å². The minimum Gasteiger partial charge on any atom is -0.450 e. The second-order valence-corrected chi connectivity index (χ2v) is 8.82. The summed E-state index contributed by atoms with van der Waals surface area (Å²) >= 11 is 7.86. The van der Waals surface area contributed by atoms with Gasteiger partial charge in [-0.1, -0.05) is 41.4 Å². The average molecular weight is 448 g/mol. The number of benzene rings is 3. The summed E-state index contributed by atoms with van der Waals surface area (Å²) in [6.45, 7) is 1.92. The SMILES string of the molecule is CSc1ccc(C2c3c(oc4ccc(C)cc4c3=O)C(=O)N2c2cccc(Cl)c2)cc1. The van der Waals surface area contributed by atoms with Gasteiger partial charge in [0.25, 0.3) is 5.91 Å². The predicted molar refractivity (Wildman–Crippen MR) is 126 cm³/mol. The van der Waals surface area contributed by atoms with Gasteiger partial charge in [0.2, 0.25) is 5.76 Å². The zero-order chi connectivity index (χ0) is 21.7. The molecule has 3 aromatic carbocycles. The fraction of sp³-hybridized carbons (Fsp3) is 0.120. The number of hydrogen-bond acceptors (Lipinski definition) is 4. The van der Waals surface area contributed by atoms with Crippen molar-refractivity contribution in [2.45, 2.75) is 17.9 Å². The monoisotopic (exact) mass is 447 g/mol. The third kappa shape index (κ3) is 3.25. The van der Waals surface area contributed by atoms with Crippen LogP contribution in [0.2, 0.25) is 5.02 Å². The van der Waals surface area contributed by atoms with Gasteiger partial charge in [0.15, 0.2) is 5.43 Å². The summed E-state index contributed by atoms with van der Waals surface area (Å²) in [4.78, 5) is 29.8. The molecule has 0 N–H and O–H groups in total. The molecule has 0 fully saturated rings. The first-order chi connectivity index (χ1) is 15.0. The lowest BCUT2D eigenvalue weighted by Crippen LogP contribution is -2.29. The highest BCUT2D eigenvalue weighted by Gasteiger charge is 2.43. The number of fused-ring (bicyclic) bond motifs is 2. The lowest BCUT2D eigenvalue weighted by Gasteiger charge is -2.25. The summed E-state index contributed by atoms with van der Waals surface area (Å²) in [5.74, 6) is -0.268. The van der Waals surface area contributed by atoms with E-state index < -0.39 is 6.04 Å². The molecular weight excluding hydrogens is 430 g/mol. The van der Waals surface area contributed by atoms with Gasteiger partial charge >= 0.3 is 0 Å². The molecule has 4 nitrogen and oxygen atoms in total. The van der Waals surface area contributed by atoms with Crippen LogP contribution in [0.5, 0.6) is 0 Å². The molecule has 2 heterocycles. The molecule has 0 radical (unpaired) electrons. The maximum Gasteiger partial charge on any atom is 0.295 e. The molecule has 1 aromatic heterocycles. The Balaban J connectivity index is 1.80. The first-order valence-corrected chi connectivity index (χ1v) is 11.4. The maximum atomic E-state index is 13.6. The number of rotatable bonds is 3. The Labute approximate surface area is 188 Å². The van der Waals surface area contributed by atoms with Crippen LogP contribution in [0.1, 0.15) is 33.3 Å². The van der Waals surface area contributed by atoms with Gasteiger partial charge in [0.1, 0.15) is 5.58 Å². The number of carbonyl (C=O) groups excluding carboxylic acids is 1. The second kappa shape index (κ2) is 7.59. The molecule has 4 aromatic rings. The van der Waals surface area contributed by atoms with Crippen molar-refractivity contribution < 1.29 is 9.21 Å². The molecule has 1 aliphatic heterocycles. The molecule has 0 spiro atoms. The standard InChI is InChI=1S/C25H18ClNO3S/c1-14-6-11-20-19(12-14)23(28)21-22(15-7-9-18(31-2)10-8-15)27(25(29)24(21)30-20)17-5-3-4-16(26)13-17/h3-13,22H,1-2H3. The minimum atomic E-state index is -0.599. The zero-order valence-electron chi connectivity index (χ0n) is 16.9. The summed E-state index contributed by atoms with van der Waals surface area (Å²) in [5, 5.41) is 0.989. The van der Waals surface area contributed by atoms with E-state index in [2.05, 4.69) is 0 Å².